The molecule has 0 aliphatic carbocycles. The average Bonchev–Trinajstić information content (AvgIpc) is 2.96. The number of benzene rings is 3. The van der Waals surface area contributed by atoms with Crippen LogP contribution in [0.2, 0.25) is 5.02 Å². The number of hydrogen-bond acceptors (Lipinski definition) is 7. The van der Waals surface area contributed by atoms with Gasteiger partial charge in [-0.3, -0.25) is 0 Å². The summed E-state index contributed by atoms with van der Waals surface area (Å²) >= 11 is 6.40. The zero-order chi connectivity index (χ0) is 27.2. The predicted octanol–water partition coefficient (Wildman–Crippen LogP) is 6.98. The highest BCUT2D eigenvalue weighted by atomic mass is 35.5. The van der Waals surface area contributed by atoms with Crippen LogP contribution in [0.1, 0.15) is 41.0 Å². The maximum Gasteiger partial charge on any atom is 0.229 e. The van der Waals surface area contributed by atoms with Crippen LogP contribution < -0.4 is 20.7 Å². The Morgan fingerprint density at radius 2 is 1.90 bits per heavy atom. The van der Waals surface area contributed by atoms with Crippen molar-refractivity contribution in [2.75, 3.05) is 23.7 Å². The van der Waals surface area contributed by atoms with Crippen LogP contribution in [-0.4, -0.2) is 23.1 Å². The minimum Gasteiger partial charge on any atom is -0.487 e. The number of anilines is 4. The van der Waals surface area contributed by atoms with E-state index < -0.39 is 0 Å². The molecule has 3 N–H and O–H groups in total. The largest absolute Gasteiger partial charge is 0.487 e. The minimum absolute atomic E-state index is 0.0110. The molecular formula is C30H28ClFN6O. The van der Waals surface area contributed by atoms with Crippen molar-refractivity contribution >= 4 is 34.7 Å². The van der Waals surface area contributed by atoms with E-state index >= 15 is 0 Å². The van der Waals surface area contributed by atoms with Crippen molar-refractivity contribution < 1.29 is 9.13 Å². The molecule has 0 unspecified atom stereocenters. The smallest absolute Gasteiger partial charge is 0.229 e. The maximum absolute atomic E-state index is 14.0. The molecule has 9 heteroatoms. The Morgan fingerprint density at radius 1 is 1.08 bits per heavy atom. The number of halogens is 2. The van der Waals surface area contributed by atoms with Gasteiger partial charge in [0.05, 0.1) is 11.9 Å². The third-order valence-corrected chi connectivity index (χ3v) is 7.06. The van der Waals surface area contributed by atoms with Crippen molar-refractivity contribution in [1.29, 1.82) is 5.26 Å². The molecule has 0 amide bonds. The summed E-state index contributed by atoms with van der Waals surface area (Å²) in [6, 6.07) is 20.1. The minimum atomic E-state index is -0.366. The third-order valence-electron chi connectivity index (χ3n) is 6.78. The first-order valence-electron chi connectivity index (χ1n) is 12.8. The van der Waals surface area contributed by atoms with Crippen LogP contribution in [0.3, 0.4) is 0 Å². The van der Waals surface area contributed by atoms with Gasteiger partial charge in [-0.05, 0) is 74.2 Å². The predicted molar refractivity (Wildman–Crippen MR) is 152 cm³/mol. The summed E-state index contributed by atoms with van der Waals surface area (Å²) < 4.78 is 19.8. The molecule has 198 valence electrons. The average molecular weight is 543 g/mol. The molecule has 1 aromatic heterocycles. The first kappa shape index (κ1) is 26.4. The molecule has 2 heterocycles. The summed E-state index contributed by atoms with van der Waals surface area (Å²) in [5.41, 5.74) is 4.46. The number of nitrogens with zero attached hydrogens (tertiary/aromatic N) is 3. The second kappa shape index (κ2) is 12.1. The molecule has 7 nitrogen and oxygen atoms in total. The quantitative estimate of drug-likeness (QED) is 0.221. The number of nitriles is 1. The second-order valence-electron chi connectivity index (χ2n) is 9.41. The molecule has 0 bridgehead atoms. The number of nitrogens with one attached hydrogen (secondary N) is 3. The van der Waals surface area contributed by atoms with E-state index in [9.17, 15) is 9.65 Å². The summed E-state index contributed by atoms with van der Waals surface area (Å²) in [5.74, 6) is 1.22. The zero-order valence-electron chi connectivity index (χ0n) is 21.5. The van der Waals surface area contributed by atoms with Crippen LogP contribution >= 0.6 is 11.6 Å². The highest BCUT2D eigenvalue weighted by molar-refractivity contribution is 6.32. The molecule has 3 aromatic carbocycles. The van der Waals surface area contributed by atoms with Crippen molar-refractivity contribution in [3.8, 4) is 11.8 Å². The SMILES string of the molecule is Cc1cc(C2CCNCC2)ccc1Nc1ncc(Cl)c(Nc2cccc(OCc3ccccc3F)c2C#N)n1. The number of aryl methyl sites for hydroxylation is 1. The van der Waals surface area contributed by atoms with Crippen LogP contribution in [0.4, 0.5) is 27.5 Å². The fourth-order valence-corrected chi connectivity index (χ4v) is 4.78. The van der Waals surface area contributed by atoms with Gasteiger partial charge in [0, 0.05) is 11.3 Å². The van der Waals surface area contributed by atoms with Gasteiger partial charge in [0.15, 0.2) is 5.82 Å². The molecule has 0 saturated carbocycles. The molecule has 39 heavy (non-hydrogen) atoms. The summed E-state index contributed by atoms with van der Waals surface area (Å²) in [7, 11) is 0. The molecule has 4 aromatic rings. The Morgan fingerprint density at radius 3 is 2.67 bits per heavy atom. The molecule has 5 rings (SSSR count). The molecule has 1 fully saturated rings. The van der Waals surface area contributed by atoms with E-state index in [0.717, 1.165) is 37.2 Å². The van der Waals surface area contributed by atoms with Gasteiger partial charge in [-0.2, -0.15) is 10.2 Å². The van der Waals surface area contributed by atoms with Crippen molar-refractivity contribution in [1.82, 2.24) is 15.3 Å². The van der Waals surface area contributed by atoms with Gasteiger partial charge in [-0.15, -0.1) is 0 Å². The van der Waals surface area contributed by atoms with Gasteiger partial charge < -0.3 is 20.7 Å². The van der Waals surface area contributed by atoms with Crippen molar-refractivity contribution in [3.05, 3.63) is 100.0 Å². The van der Waals surface area contributed by atoms with Gasteiger partial charge in [0.1, 0.15) is 34.8 Å². The molecular weight excluding hydrogens is 515 g/mol. The van der Waals surface area contributed by atoms with E-state index in [1.807, 2.05) is 0 Å². The number of aromatic nitrogens is 2. The van der Waals surface area contributed by atoms with E-state index in [4.69, 9.17) is 16.3 Å². The third kappa shape index (κ3) is 6.28. The summed E-state index contributed by atoms with van der Waals surface area (Å²) in [6.07, 6.45) is 3.78. The Balaban J connectivity index is 1.33. The lowest BCUT2D eigenvalue weighted by atomic mass is 9.89. The topological polar surface area (TPSA) is 94.9 Å². The molecule has 1 aliphatic rings. The van der Waals surface area contributed by atoms with Crippen LogP contribution in [0.5, 0.6) is 5.75 Å². The maximum atomic E-state index is 14.0. The Bertz CT molecular complexity index is 1520. The first-order valence-corrected chi connectivity index (χ1v) is 13.2. The van der Waals surface area contributed by atoms with Gasteiger partial charge in [-0.25, -0.2) is 9.37 Å². The number of hydrogen-bond donors (Lipinski definition) is 3. The Hall–Kier alpha value is -4.19. The first-order chi connectivity index (χ1) is 19.0. The normalized spacial score (nSPS) is 13.5. The van der Waals surface area contributed by atoms with E-state index in [1.54, 1.807) is 36.4 Å². The van der Waals surface area contributed by atoms with Gasteiger partial charge in [0.25, 0.3) is 0 Å². The van der Waals surface area contributed by atoms with E-state index in [-0.39, 0.29) is 18.0 Å². The van der Waals surface area contributed by atoms with Crippen LogP contribution in [0.25, 0.3) is 0 Å². The van der Waals surface area contributed by atoms with Crippen LogP contribution in [-0.2, 0) is 6.61 Å². The zero-order valence-corrected chi connectivity index (χ0v) is 22.2. The van der Waals surface area contributed by atoms with Gasteiger partial charge >= 0.3 is 0 Å². The highest BCUT2D eigenvalue weighted by Crippen LogP contribution is 2.33. The van der Waals surface area contributed by atoms with Crippen molar-refractivity contribution in [3.63, 3.8) is 0 Å². The molecule has 0 spiro atoms. The van der Waals surface area contributed by atoms with Crippen molar-refractivity contribution in [2.24, 2.45) is 0 Å². The summed E-state index contributed by atoms with van der Waals surface area (Å²) in [4.78, 5) is 8.89. The van der Waals surface area contributed by atoms with E-state index in [2.05, 4.69) is 57.1 Å². The van der Waals surface area contributed by atoms with E-state index in [0.29, 0.717) is 39.7 Å². The Kier molecular flexibility index (Phi) is 8.21. The Labute approximate surface area is 232 Å². The highest BCUT2D eigenvalue weighted by Gasteiger charge is 2.17. The lowest BCUT2D eigenvalue weighted by Crippen LogP contribution is -2.26. The number of ether oxygens (including phenoxy) is 1. The standard InChI is InChI=1S/C30H28ClFN6O/c1-19-15-21(20-11-13-34-14-12-20)9-10-26(19)37-30-35-17-24(31)29(38-30)36-27-7-4-8-28(23(27)16-33)39-18-22-5-2-3-6-25(22)32/h2-10,15,17,20,34H,11-14,18H2,1H3,(H2,35,36,37,38). The fraction of sp³-hybridized carbons (Fsp3) is 0.233. The lowest BCUT2D eigenvalue weighted by molar-refractivity contribution is 0.299. The van der Waals surface area contributed by atoms with Gasteiger partial charge in [-0.1, -0.05) is 48.0 Å². The molecule has 1 saturated heterocycles. The number of piperidine rings is 1. The van der Waals surface area contributed by atoms with E-state index in [1.165, 1.54) is 17.8 Å². The number of rotatable bonds is 8. The fourth-order valence-electron chi connectivity index (χ4n) is 4.64. The molecule has 1 aliphatic heterocycles. The second-order valence-corrected chi connectivity index (χ2v) is 9.82. The lowest BCUT2D eigenvalue weighted by Gasteiger charge is -2.23. The molecule has 0 radical (unpaired) electrons. The van der Waals surface area contributed by atoms with Crippen LogP contribution in [0, 0.1) is 24.1 Å². The van der Waals surface area contributed by atoms with Gasteiger partial charge in [0.2, 0.25) is 5.95 Å². The summed E-state index contributed by atoms with van der Waals surface area (Å²) in [5, 5.41) is 20.0. The molecule has 0 atom stereocenters. The van der Waals surface area contributed by atoms with Crippen molar-refractivity contribution in [2.45, 2.75) is 32.3 Å². The monoisotopic (exact) mass is 542 g/mol. The van der Waals surface area contributed by atoms with Crippen LogP contribution in [0.15, 0.2) is 66.9 Å². The summed E-state index contributed by atoms with van der Waals surface area (Å²) in [6.45, 7) is 4.15.